The lowest BCUT2D eigenvalue weighted by Crippen LogP contribution is -2.28. The number of carbonyl (C=O) groups is 1. The van der Waals surface area contributed by atoms with Gasteiger partial charge in [0, 0.05) is 12.2 Å². The van der Waals surface area contributed by atoms with E-state index >= 15 is 0 Å². The van der Waals surface area contributed by atoms with E-state index in [-0.39, 0.29) is 12.0 Å². The van der Waals surface area contributed by atoms with E-state index in [0.29, 0.717) is 28.9 Å². The molecule has 0 atom stereocenters. The summed E-state index contributed by atoms with van der Waals surface area (Å²) in [5.74, 6) is -0.156. The number of hydrogen-bond acceptors (Lipinski definition) is 3. The molecule has 1 aromatic rings. The molecule has 0 aliphatic rings. The molecule has 94 valence electrons. The summed E-state index contributed by atoms with van der Waals surface area (Å²) in [6.45, 7) is 4.90. The van der Waals surface area contributed by atoms with Gasteiger partial charge >= 0.3 is 0 Å². The Labute approximate surface area is 110 Å². The summed E-state index contributed by atoms with van der Waals surface area (Å²) in [4.78, 5) is 11.8. The monoisotopic (exact) mass is 300 g/mol. The largest absolute Gasteiger partial charge is 0.398 e. The second kappa shape index (κ2) is 6.61. The molecule has 0 heterocycles. The van der Waals surface area contributed by atoms with Gasteiger partial charge in [-0.1, -0.05) is 6.07 Å². The summed E-state index contributed by atoms with van der Waals surface area (Å²) >= 11 is 3.30. The number of nitrogens with two attached hydrogens (primary N) is 1. The molecule has 0 aromatic heterocycles. The number of ether oxygens (including phenoxy) is 1. The van der Waals surface area contributed by atoms with Gasteiger partial charge in [0.05, 0.1) is 22.7 Å². The Balaban J connectivity index is 2.50. The van der Waals surface area contributed by atoms with Crippen LogP contribution in [0.3, 0.4) is 0 Å². The fourth-order valence-electron chi connectivity index (χ4n) is 1.28. The number of halogens is 1. The molecular weight excluding hydrogens is 284 g/mol. The van der Waals surface area contributed by atoms with Crippen molar-refractivity contribution < 1.29 is 9.53 Å². The van der Waals surface area contributed by atoms with Crippen LogP contribution in [-0.2, 0) is 4.74 Å². The maximum atomic E-state index is 11.8. The summed E-state index contributed by atoms with van der Waals surface area (Å²) in [6.07, 6.45) is 0.172. The third-order valence-corrected chi connectivity index (χ3v) is 3.00. The number of benzene rings is 1. The second-order valence-corrected chi connectivity index (χ2v) is 4.68. The standard InChI is InChI=1S/C12H17BrN2O2/c1-8(2)17-7-6-15-12(16)9-4-3-5-10(14)11(9)13/h3-5,8H,6-7,14H2,1-2H3,(H,15,16). The van der Waals surface area contributed by atoms with Crippen LogP contribution in [0.5, 0.6) is 0 Å². The zero-order chi connectivity index (χ0) is 12.8. The lowest BCUT2D eigenvalue weighted by atomic mass is 10.2. The first kappa shape index (κ1) is 14.0. The predicted molar refractivity (Wildman–Crippen MR) is 72.0 cm³/mol. The number of nitrogens with one attached hydrogen (secondary N) is 1. The summed E-state index contributed by atoms with van der Waals surface area (Å²) in [7, 11) is 0. The fraction of sp³-hybridized carbons (Fsp3) is 0.417. The van der Waals surface area contributed by atoms with Crippen LogP contribution in [0.4, 0.5) is 5.69 Å². The van der Waals surface area contributed by atoms with Gasteiger partial charge in [0.15, 0.2) is 0 Å². The molecule has 0 aliphatic carbocycles. The van der Waals surface area contributed by atoms with Crippen molar-refractivity contribution in [3.05, 3.63) is 28.2 Å². The number of rotatable bonds is 5. The highest BCUT2D eigenvalue weighted by molar-refractivity contribution is 9.10. The first-order chi connectivity index (χ1) is 8.02. The van der Waals surface area contributed by atoms with Crippen LogP contribution in [0, 0.1) is 0 Å². The van der Waals surface area contributed by atoms with E-state index in [1.54, 1.807) is 18.2 Å². The van der Waals surface area contributed by atoms with Crippen LogP contribution in [0.2, 0.25) is 0 Å². The Morgan fingerprint density at radius 3 is 2.88 bits per heavy atom. The third kappa shape index (κ3) is 4.36. The van der Waals surface area contributed by atoms with Gasteiger partial charge in [0.25, 0.3) is 5.91 Å². The topological polar surface area (TPSA) is 64.3 Å². The summed E-state index contributed by atoms with van der Waals surface area (Å²) < 4.78 is 5.96. The minimum Gasteiger partial charge on any atom is -0.398 e. The van der Waals surface area contributed by atoms with E-state index in [1.807, 2.05) is 13.8 Å². The van der Waals surface area contributed by atoms with E-state index in [4.69, 9.17) is 10.5 Å². The summed E-state index contributed by atoms with van der Waals surface area (Å²) in [5.41, 5.74) is 6.79. The number of nitrogen functional groups attached to an aromatic ring is 1. The van der Waals surface area contributed by atoms with E-state index in [9.17, 15) is 4.79 Å². The van der Waals surface area contributed by atoms with Gasteiger partial charge in [-0.3, -0.25) is 4.79 Å². The van der Waals surface area contributed by atoms with E-state index in [2.05, 4.69) is 21.2 Å². The van der Waals surface area contributed by atoms with Crippen LogP contribution in [0.25, 0.3) is 0 Å². The Bertz CT molecular complexity index is 394. The molecular formula is C12H17BrN2O2. The molecule has 0 aliphatic heterocycles. The summed E-state index contributed by atoms with van der Waals surface area (Å²) in [5, 5.41) is 2.77. The highest BCUT2D eigenvalue weighted by atomic mass is 79.9. The Hall–Kier alpha value is -1.07. The lowest BCUT2D eigenvalue weighted by Gasteiger charge is -2.10. The molecule has 0 spiro atoms. The first-order valence-corrected chi connectivity index (χ1v) is 6.25. The molecule has 0 bridgehead atoms. The molecule has 3 N–H and O–H groups in total. The lowest BCUT2D eigenvalue weighted by molar-refractivity contribution is 0.0746. The third-order valence-electron chi connectivity index (χ3n) is 2.11. The van der Waals surface area contributed by atoms with Crippen molar-refractivity contribution in [1.82, 2.24) is 5.32 Å². The quantitative estimate of drug-likeness (QED) is 0.647. The van der Waals surface area contributed by atoms with Gasteiger partial charge in [-0.05, 0) is 41.9 Å². The molecule has 0 saturated carbocycles. The number of carbonyl (C=O) groups excluding carboxylic acids is 1. The minimum atomic E-state index is -0.156. The zero-order valence-corrected chi connectivity index (χ0v) is 11.6. The number of anilines is 1. The number of amides is 1. The fourth-order valence-corrected chi connectivity index (χ4v) is 1.72. The maximum absolute atomic E-state index is 11.8. The predicted octanol–water partition coefficient (Wildman–Crippen LogP) is 2.19. The molecule has 1 aromatic carbocycles. The molecule has 4 nitrogen and oxygen atoms in total. The van der Waals surface area contributed by atoms with Crippen LogP contribution >= 0.6 is 15.9 Å². The summed E-state index contributed by atoms with van der Waals surface area (Å²) in [6, 6.07) is 5.21. The van der Waals surface area contributed by atoms with Crippen LogP contribution in [0.1, 0.15) is 24.2 Å². The highest BCUT2D eigenvalue weighted by Gasteiger charge is 2.10. The molecule has 1 rings (SSSR count). The maximum Gasteiger partial charge on any atom is 0.252 e. The average Bonchev–Trinajstić information content (AvgIpc) is 2.27. The Morgan fingerprint density at radius 1 is 1.53 bits per heavy atom. The Kier molecular flexibility index (Phi) is 5.44. The van der Waals surface area contributed by atoms with Gasteiger partial charge in [0.2, 0.25) is 0 Å². The number of hydrogen-bond donors (Lipinski definition) is 2. The van der Waals surface area contributed by atoms with Gasteiger partial charge in [-0.15, -0.1) is 0 Å². The van der Waals surface area contributed by atoms with Crippen molar-refractivity contribution in [2.75, 3.05) is 18.9 Å². The van der Waals surface area contributed by atoms with Crippen LogP contribution < -0.4 is 11.1 Å². The Morgan fingerprint density at radius 2 is 2.24 bits per heavy atom. The molecule has 1 amide bonds. The first-order valence-electron chi connectivity index (χ1n) is 5.46. The van der Waals surface area contributed by atoms with E-state index in [1.165, 1.54) is 0 Å². The van der Waals surface area contributed by atoms with Crippen LogP contribution in [-0.4, -0.2) is 25.2 Å². The molecule has 17 heavy (non-hydrogen) atoms. The van der Waals surface area contributed by atoms with Crippen molar-refractivity contribution in [3.8, 4) is 0 Å². The smallest absolute Gasteiger partial charge is 0.252 e. The second-order valence-electron chi connectivity index (χ2n) is 3.88. The molecule has 0 radical (unpaired) electrons. The zero-order valence-electron chi connectivity index (χ0n) is 10.00. The van der Waals surface area contributed by atoms with Crippen LogP contribution in [0.15, 0.2) is 22.7 Å². The normalized spacial score (nSPS) is 10.6. The van der Waals surface area contributed by atoms with E-state index < -0.39 is 0 Å². The van der Waals surface area contributed by atoms with E-state index in [0.717, 1.165) is 0 Å². The van der Waals surface area contributed by atoms with Crippen molar-refractivity contribution in [2.45, 2.75) is 20.0 Å². The highest BCUT2D eigenvalue weighted by Crippen LogP contribution is 2.23. The average molecular weight is 301 g/mol. The minimum absolute atomic E-state index is 0.156. The van der Waals surface area contributed by atoms with Crippen molar-refractivity contribution >= 4 is 27.5 Å². The molecule has 0 unspecified atom stereocenters. The molecule has 0 saturated heterocycles. The molecule has 5 heteroatoms. The van der Waals surface area contributed by atoms with Gasteiger partial charge in [0.1, 0.15) is 0 Å². The van der Waals surface area contributed by atoms with Gasteiger partial charge in [-0.25, -0.2) is 0 Å². The van der Waals surface area contributed by atoms with Crippen molar-refractivity contribution in [1.29, 1.82) is 0 Å². The van der Waals surface area contributed by atoms with Gasteiger partial charge < -0.3 is 15.8 Å². The van der Waals surface area contributed by atoms with Crippen molar-refractivity contribution in [2.24, 2.45) is 0 Å². The molecule has 0 fully saturated rings. The SMILES string of the molecule is CC(C)OCCNC(=O)c1cccc(N)c1Br. The van der Waals surface area contributed by atoms with Gasteiger partial charge in [-0.2, -0.15) is 0 Å². The van der Waals surface area contributed by atoms with Crippen molar-refractivity contribution in [3.63, 3.8) is 0 Å².